The van der Waals surface area contributed by atoms with E-state index in [4.69, 9.17) is 39.8 Å². The first-order valence-corrected chi connectivity index (χ1v) is 15.9. The largest absolute Gasteiger partial charge is 0.310 e. The van der Waals surface area contributed by atoms with Crippen molar-refractivity contribution in [3.63, 3.8) is 0 Å². The molecule has 1 fully saturated rings. The number of sulfone groups is 1. The molecule has 0 radical (unpaired) electrons. The van der Waals surface area contributed by atoms with Crippen LogP contribution in [0, 0.1) is 17.8 Å². The van der Waals surface area contributed by atoms with Gasteiger partial charge in [-0.15, -0.1) is 0 Å². The van der Waals surface area contributed by atoms with Crippen LogP contribution in [0.2, 0.25) is 15.1 Å². The van der Waals surface area contributed by atoms with Gasteiger partial charge in [-0.05, 0) is 66.8 Å². The molecule has 1 aliphatic heterocycles. The van der Waals surface area contributed by atoms with Crippen molar-refractivity contribution in [2.45, 2.75) is 64.7 Å². The molecule has 2 aliphatic rings. The zero-order chi connectivity index (χ0) is 26.7. The van der Waals surface area contributed by atoms with Crippen molar-refractivity contribution in [3.05, 3.63) is 51.0 Å². The van der Waals surface area contributed by atoms with E-state index in [1.807, 2.05) is 24.3 Å². The van der Waals surface area contributed by atoms with E-state index < -0.39 is 14.6 Å². The highest BCUT2D eigenvalue weighted by molar-refractivity contribution is 7.92. The third kappa shape index (κ3) is 4.27. The monoisotopic (exact) mass is 581 g/mol. The van der Waals surface area contributed by atoms with E-state index in [1.165, 1.54) is 0 Å². The van der Waals surface area contributed by atoms with Crippen molar-refractivity contribution in [3.8, 4) is 0 Å². The second-order valence-electron chi connectivity index (χ2n) is 11.0. The molecule has 0 amide bonds. The van der Waals surface area contributed by atoms with Gasteiger partial charge in [-0.2, -0.15) is 0 Å². The number of nitrogens with zero attached hydrogens (tertiary/aromatic N) is 3. The van der Waals surface area contributed by atoms with Crippen molar-refractivity contribution < 1.29 is 8.42 Å². The van der Waals surface area contributed by atoms with Gasteiger partial charge in [0.1, 0.15) is 10.3 Å². The molecular formula is C28H34Cl3N3O2S. The molecule has 5 rings (SSSR count). The molecule has 37 heavy (non-hydrogen) atoms. The molecule has 0 saturated heterocycles. The molecule has 3 unspecified atom stereocenters. The van der Waals surface area contributed by atoms with E-state index in [0.29, 0.717) is 32.9 Å². The fraction of sp³-hybridized carbons (Fsp3) is 0.536. The lowest BCUT2D eigenvalue weighted by atomic mass is 9.66. The number of hydrogen-bond donors (Lipinski definition) is 0. The number of aromatic nitrogens is 2. The van der Waals surface area contributed by atoms with Crippen LogP contribution in [-0.4, -0.2) is 30.3 Å². The molecule has 2 heterocycles. The Bertz CT molecular complexity index is 1450. The van der Waals surface area contributed by atoms with Crippen LogP contribution in [0.3, 0.4) is 0 Å². The van der Waals surface area contributed by atoms with Gasteiger partial charge in [0.05, 0.1) is 21.2 Å². The number of fused-ring (bicyclic) bond motifs is 3. The van der Waals surface area contributed by atoms with E-state index >= 15 is 0 Å². The smallest absolute Gasteiger partial charge is 0.211 e. The second-order valence-corrected chi connectivity index (χ2v) is 14.8. The predicted octanol–water partition coefficient (Wildman–Crippen LogP) is 8.26. The Labute approximate surface area is 235 Å². The van der Waals surface area contributed by atoms with Crippen molar-refractivity contribution >= 4 is 67.3 Å². The van der Waals surface area contributed by atoms with Gasteiger partial charge in [-0.25, -0.2) is 13.4 Å². The van der Waals surface area contributed by atoms with Crippen LogP contribution >= 0.6 is 34.8 Å². The number of benzene rings is 2. The van der Waals surface area contributed by atoms with E-state index in [0.717, 1.165) is 55.1 Å². The Morgan fingerprint density at radius 1 is 1.08 bits per heavy atom. The summed E-state index contributed by atoms with van der Waals surface area (Å²) in [5.41, 5.74) is 3.16. The third-order valence-electron chi connectivity index (χ3n) is 8.45. The number of hydrogen-bond acceptors (Lipinski definition) is 4. The zero-order valence-electron chi connectivity index (χ0n) is 21.8. The molecule has 1 saturated carbocycles. The number of anilines is 2. The summed E-state index contributed by atoms with van der Waals surface area (Å²) < 4.78 is 29.6. The zero-order valence-corrected chi connectivity index (χ0v) is 24.9. The normalized spacial score (nSPS) is 24.6. The highest BCUT2D eigenvalue weighted by Crippen LogP contribution is 2.55. The lowest BCUT2D eigenvalue weighted by Gasteiger charge is -2.48. The summed E-state index contributed by atoms with van der Waals surface area (Å²) in [5.74, 6) is 1.35. The Morgan fingerprint density at radius 3 is 2.51 bits per heavy atom. The Morgan fingerprint density at radius 2 is 1.84 bits per heavy atom. The second kappa shape index (κ2) is 9.93. The highest BCUT2D eigenvalue weighted by atomic mass is 35.5. The van der Waals surface area contributed by atoms with Crippen molar-refractivity contribution in [2.75, 3.05) is 17.2 Å². The van der Waals surface area contributed by atoms with Gasteiger partial charge in [-0.1, -0.05) is 75.0 Å². The maximum Gasteiger partial charge on any atom is 0.211 e. The molecule has 0 bridgehead atoms. The van der Waals surface area contributed by atoms with Gasteiger partial charge in [0.25, 0.3) is 0 Å². The topological polar surface area (TPSA) is 55.2 Å². The number of halogens is 3. The summed E-state index contributed by atoms with van der Waals surface area (Å²) >= 11 is 19.6. The molecule has 3 aromatic rings. The molecule has 200 valence electrons. The fourth-order valence-corrected chi connectivity index (χ4v) is 9.91. The van der Waals surface area contributed by atoms with Crippen LogP contribution in [0.4, 0.5) is 11.6 Å². The van der Waals surface area contributed by atoms with E-state index in [1.54, 1.807) is 13.0 Å². The first kappa shape index (κ1) is 27.1. The summed E-state index contributed by atoms with van der Waals surface area (Å²) in [6.45, 7) is 9.73. The van der Waals surface area contributed by atoms with E-state index in [2.05, 4.69) is 30.2 Å². The minimum Gasteiger partial charge on any atom is -0.310 e. The minimum atomic E-state index is -3.48. The van der Waals surface area contributed by atoms with Crippen LogP contribution in [0.5, 0.6) is 0 Å². The Balaban J connectivity index is 1.83. The maximum absolute atomic E-state index is 14.2. The highest BCUT2D eigenvalue weighted by Gasteiger charge is 2.55. The average molecular weight is 583 g/mol. The summed E-state index contributed by atoms with van der Waals surface area (Å²) in [6, 6.07) is 9.26. The van der Waals surface area contributed by atoms with Crippen molar-refractivity contribution in [1.29, 1.82) is 0 Å². The predicted molar refractivity (Wildman–Crippen MR) is 155 cm³/mol. The van der Waals surface area contributed by atoms with Gasteiger partial charge < -0.3 is 9.47 Å². The fourth-order valence-electron chi connectivity index (χ4n) is 6.80. The van der Waals surface area contributed by atoms with Gasteiger partial charge >= 0.3 is 0 Å². The van der Waals surface area contributed by atoms with Crippen molar-refractivity contribution in [2.24, 2.45) is 17.8 Å². The Hall–Kier alpha value is -1.47. The lowest BCUT2D eigenvalue weighted by Crippen LogP contribution is -2.50. The molecule has 3 atom stereocenters. The number of aryl methyl sites for hydroxylation is 1. The average Bonchev–Trinajstić information content (AvgIpc) is 3.25. The van der Waals surface area contributed by atoms with E-state index in [9.17, 15) is 8.42 Å². The molecular weight excluding hydrogens is 549 g/mol. The Kier molecular flexibility index (Phi) is 7.27. The standard InChI is InChI=1S/C28H34Cl3N3O2S/c1-5-37(35,36)28(16-18(4)7-9-20(28)17(2)3)21-10-11-22(30)25-26(21)34-14-6-13-33(27(34)32-25)24-12-8-19(29)15-23(24)31/h8,10-12,15,17-18,20H,5-7,9,13-14,16H2,1-4H3. The molecule has 1 aliphatic carbocycles. The van der Waals surface area contributed by atoms with Gasteiger partial charge in [0, 0.05) is 23.9 Å². The van der Waals surface area contributed by atoms with Crippen LogP contribution in [-0.2, 0) is 21.1 Å². The SMILES string of the molecule is CCS(=O)(=O)C1(c2ccc(Cl)c3nc4n(c23)CCCN4c2ccc(Cl)cc2Cl)CC(C)CCC1C(C)C. The number of imidazole rings is 1. The third-order valence-corrected chi connectivity index (χ3v) is 11.8. The summed E-state index contributed by atoms with van der Waals surface area (Å²) in [6.07, 6.45) is 3.39. The minimum absolute atomic E-state index is 0.00887. The van der Waals surface area contributed by atoms with Gasteiger partial charge in [0.15, 0.2) is 9.84 Å². The van der Waals surface area contributed by atoms with Gasteiger partial charge in [0.2, 0.25) is 5.95 Å². The molecule has 0 N–H and O–H groups in total. The summed E-state index contributed by atoms with van der Waals surface area (Å²) in [5, 5.41) is 1.64. The quantitative estimate of drug-likeness (QED) is 0.304. The van der Waals surface area contributed by atoms with Crippen LogP contribution in [0.1, 0.15) is 58.9 Å². The summed E-state index contributed by atoms with van der Waals surface area (Å²) in [4.78, 5) is 7.12. The first-order valence-electron chi connectivity index (χ1n) is 13.2. The maximum atomic E-state index is 14.2. The number of rotatable bonds is 5. The molecule has 9 heteroatoms. The lowest BCUT2D eigenvalue weighted by molar-refractivity contribution is 0.164. The van der Waals surface area contributed by atoms with E-state index in [-0.39, 0.29) is 17.6 Å². The molecule has 2 aromatic carbocycles. The first-order chi connectivity index (χ1) is 17.5. The van der Waals surface area contributed by atoms with Crippen LogP contribution < -0.4 is 4.90 Å². The van der Waals surface area contributed by atoms with Gasteiger partial charge in [-0.3, -0.25) is 0 Å². The van der Waals surface area contributed by atoms with Crippen LogP contribution in [0.15, 0.2) is 30.3 Å². The summed E-state index contributed by atoms with van der Waals surface area (Å²) in [7, 11) is -3.48. The molecule has 5 nitrogen and oxygen atoms in total. The van der Waals surface area contributed by atoms with Crippen molar-refractivity contribution in [1.82, 2.24) is 9.55 Å². The molecule has 1 aromatic heterocycles. The van der Waals surface area contributed by atoms with Crippen LogP contribution in [0.25, 0.3) is 11.0 Å². The molecule has 0 spiro atoms.